The van der Waals surface area contributed by atoms with Crippen LogP contribution in [0.15, 0.2) is 24.3 Å². The molecule has 0 bridgehead atoms. The standard InChI is InChI=1S/C46H85NO8/c1-6-8-10-12-14-16-18-20-21-22-23-24-25-27-29-31-33-35-37-44(49)55-42(41-54-46(45(50)51)52-39-38-47(3,4)5)40-53-43(48)36-34-32-30-28-26-19-17-15-13-11-9-7-2/h15,17,21-22,42,46H,6-14,16,18-20,23-41H2,1-5H3/p+1/b17-15-,22-21-. The van der Waals surface area contributed by atoms with Crippen LogP contribution in [0.25, 0.3) is 0 Å². The summed E-state index contributed by atoms with van der Waals surface area (Å²) in [6.07, 6.45) is 38.0. The molecule has 0 aliphatic heterocycles. The largest absolute Gasteiger partial charge is 0.477 e. The highest BCUT2D eigenvalue weighted by Crippen LogP contribution is 2.14. The molecule has 0 aliphatic carbocycles. The van der Waals surface area contributed by atoms with E-state index in [1.165, 1.54) is 96.3 Å². The summed E-state index contributed by atoms with van der Waals surface area (Å²) in [6, 6.07) is 0. The molecule has 322 valence electrons. The van der Waals surface area contributed by atoms with Gasteiger partial charge in [-0.05, 0) is 64.2 Å². The van der Waals surface area contributed by atoms with Crippen LogP contribution >= 0.6 is 0 Å². The van der Waals surface area contributed by atoms with E-state index in [2.05, 4.69) is 38.2 Å². The number of hydrogen-bond donors (Lipinski definition) is 1. The minimum atomic E-state index is -1.51. The summed E-state index contributed by atoms with van der Waals surface area (Å²) in [5.74, 6) is -2.02. The van der Waals surface area contributed by atoms with Gasteiger partial charge in [-0.2, -0.15) is 0 Å². The number of ether oxygens (including phenoxy) is 4. The quantitative estimate of drug-likeness (QED) is 0.0215. The molecule has 0 aromatic heterocycles. The second-order valence-electron chi connectivity index (χ2n) is 16.4. The zero-order valence-electron chi connectivity index (χ0n) is 36.3. The molecule has 0 saturated heterocycles. The maximum Gasteiger partial charge on any atom is 0.361 e. The van der Waals surface area contributed by atoms with E-state index in [0.717, 1.165) is 64.2 Å². The van der Waals surface area contributed by atoms with E-state index >= 15 is 0 Å². The number of allylic oxidation sites excluding steroid dienone is 4. The number of esters is 2. The zero-order chi connectivity index (χ0) is 40.7. The number of aliphatic carboxylic acids is 1. The predicted octanol–water partition coefficient (Wildman–Crippen LogP) is 11.7. The van der Waals surface area contributed by atoms with E-state index in [-0.39, 0.29) is 32.2 Å². The Kier molecular flexibility index (Phi) is 37.1. The van der Waals surface area contributed by atoms with E-state index in [9.17, 15) is 19.5 Å². The van der Waals surface area contributed by atoms with E-state index < -0.39 is 24.3 Å². The number of hydrogen-bond acceptors (Lipinski definition) is 7. The maximum atomic E-state index is 12.7. The topological polar surface area (TPSA) is 108 Å². The van der Waals surface area contributed by atoms with Crippen molar-refractivity contribution < 1.29 is 42.9 Å². The normalized spacial score (nSPS) is 13.1. The van der Waals surface area contributed by atoms with Crippen molar-refractivity contribution in [2.75, 3.05) is 47.5 Å². The molecule has 0 fully saturated rings. The first-order chi connectivity index (χ1) is 26.6. The van der Waals surface area contributed by atoms with Gasteiger partial charge in [-0.25, -0.2) is 4.79 Å². The number of carbonyl (C=O) groups is 3. The van der Waals surface area contributed by atoms with Crippen molar-refractivity contribution in [1.82, 2.24) is 0 Å². The number of nitrogens with zero attached hydrogens (tertiary/aromatic N) is 1. The van der Waals surface area contributed by atoms with E-state index in [4.69, 9.17) is 18.9 Å². The summed E-state index contributed by atoms with van der Waals surface area (Å²) in [5.41, 5.74) is 0. The Hall–Kier alpha value is -2.23. The first-order valence-corrected chi connectivity index (χ1v) is 22.5. The van der Waals surface area contributed by atoms with Gasteiger partial charge < -0.3 is 28.5 Å². The van der Waals surface area contributed by atoms with Crippen LogP contribution in [-0.2, 0) is 33.3 Å². The summed E-state index contributed by atoms with van der Waals surface area (Å²) in [4.78, 5) is 37.0. The lowest BCUT2D eigenvalue weighted by atomic mass is 10.1. The van der Waals surface area contributed by atoms with Gasteiger partial charge in [0.25, 0.3) is 6.29 Å². The van der Waals surface area contributed by atoms with Crippen LogP contribution in [0.1, 0.15) is 194 Å². The first-order valence-electron chi connectivity index (χ1n) is 22.5. The van der Waals surface area contributed by atoms with Crippen molar-refractivity contribution in [1.29, 1.82) is 0 Å². The molecule has 0 saturated carbocycles. The van der Waals surface area contributed by atoms with Crippen molar-refractivity contribution in [3.8, 4) is 0 Å². The lowest BCUT2D eigenvalue weighted by Gasteiger charge is -2.25. The fourth-order valence-electron chi connectivity index (χ4n) is 6.12. The van der Waals surface area contributed by atoms with Gasteiger partial charge in [0, 0.05) is 12.8 Å². The van der Waals surface area contributed by atoms with Gasteiger partial charge in [0.15, 0.2) is 6.10 Å². The van der Waals surface area contributed by atoms with E-state index in [0.29, 0.717) is 23.9 Å². The van der Waals surface area contributed by atoms with Crippen LogP contribution in [0.2, 0.25) is 0 Å². The predicted molar refractivity (Wildman–Crippen MR) is 226 cm³/mol. The van der Waals surface area contributed by atoms with Gasteiger partial charge in [-0.15, -0.1) is 0 Å². The third kappa shape index (κ3) is 39.8. The van der Waals surface area contributed by atoms with E-state index in [1.54, 1.807) is 0 Å². The highest BCUT2D eigenvalue weighted by Gasteiger charge is 2.25. The fourth-order valence-corrected chi connectivity index (χ4v) is 6.12. The fraction of sp³-hybridized carbons (Fsp3) is 0.848. The summed E-state index contributed by atoms with van der Waals surface area (Å²) >= 11 is 0. The van der Waals surface area contributed by atoms with Gasteiger partial charge in [-0.1, -0.05) is 141 Å². The third-order valence-corrected chi connectivity index (χ3v) is 9.68. The molecule has 9 nitrogen and oxygen atoms in total. The maximum absolute atomic E-state index is 12.7. The molecule has 2 unspecified atom stereocenters. The van der Waals surface area contributed by atoms with Crippen molar-refractivity contribution in [3.63, 3.8) is 0 Å². The van der Waals surface area contributed by atoms with Crippen LogP contribution in [0, 0.1) is 0 Å². The lowest BCUT2D eigenvalue weighted by molar-refractivity contribution is -0.870. The van der Waals surface area contributed by atoms with Crippen LogP contribution in [-0.4, -0.2) is 87.4 Å². The Balaban J connectivity index is 4.43. The summed E-state index contributed by atoms with van der Waals surface area (Å²) in [7, 11) is 5.95. The first kappa shape index (κ1) is 52.8. The third-order valence-electron chi connectivity index (χ3n) is 9.68. The minimum absolute atomic E-state index is 0.186. The van der Waals surface area contributed by atoms with Crippen LogP contribution in [0.5, 0.6) is 0 Å². The molecule has 0 radical (unpaired) electrons. The highest BCUT2D eigenvalue weighted by atomic mass is 16.7. The Labute approximate surface area is 337 Å². The SMILES string of the molecule is CCCCC/C=C\CCCCCCCC(=O)OCC(COC(OCC[N+](C)(C)C)C(=O)O)OC(=O)CCCCCCCCC/C=C\CCCCCCCCC. The number of rotatable bonds is 41. The van der Waals surface area contributed by atoms with Crippen LogP contribution in [0.4, 0.5) is 0 Å². The monoisotopic (exact) mass is 781 g/mol. The number of likely N-dealkylation sites (N-methyl/N-ethyl adjacent to an activating group) is 1. The van der Waals surface area contributed by atoms with Crippen LogP contribution < -0.4 is 0 Å². The molecular formula is C46H86NO8+. The van der Waals surface area contributed by atoms with Crippen molar-refractivity contribution in [2.45, 2.75) is 206 Å². The number of carboxylic acid groups (broad SMARTS) is 1. The lowest BCUT2D eigenvalue weighted by Crippen LogP contribution is -2.40. The Morgan fingerprint density at radius 3 is 1.38 bits per heavy atom. The molecule has 0 rings (SSSR count). The van der Waals surface area contributed by atoms with Gasteiger partial charge in [0.2, 0.25) is 0 Å². The highest BCUT2D eigenvalue weighted by molar-refractivity contribution is 5.71. The molecule has 55 heavy (non-hydrogen) atoms. The number of carbonyl (C=O) groups excluding carboxylic acids is 2. The Bertz CT molecular complexity index is 960. The van der Waals surface area contributed by atoms with Crippen LogP contribution in [0.3, 0.4) is 0 Å². The average Bonchev–Trinajstić information content (AvgIpc) is 3.14. The molecule has 0 aliphatic rings. The second-order valence-corrected chi connectivity index (χ2v) is 16.4. The average molecular weight is 781 g/mol. The summed E-state index contributed by atoms with van der Waals surface area (Å²) in [6.45, 7) is 4.83. The molecule has 1 N–H and O–H groups in total. The Morgan fingerprint density at radius 2 is 0.927 bits per heavy atom. The smallest absolute Gasteiger partial charge is 0.361 e. The minimum Gasteiger partial charge on any atom is -0.477 e. The van der Waals surface area contributed by atoms with Gasteiger partial charge in [0.1, 0.15) is 13.2 Å². The molecule has 2 atom stereocenters. The zero-order valence-corrected chi connectivity index (χ0v) is 36.3. The number of carboxylic acids is 1. The molecule has 0 amide bonds. The van der Waals surface area contributed by atoms with Gasteiger partial charge in [0.05, 0.1) is 34.4 Å². The molecule has 9 heteroatoms. The van der Waals surface area contributed by atoms with Crippen molar-refractivity contribution >= 4 is 17.9 Å². The molecule has 0 aromatic carbocycles. The summed E-state index contributed by atoms with van der Waals surface area (Å²) in [5, 5.41) is 9.62. The molecule has 0 spiro atoms. The van der Waals surface area contributed by atoms with Gasteiger partial charge in [-0.3, -0.25) is 9.59 Å². The number of quaternary nitrogens is 1. The van der Waals surface area contributed by atoms with Crippen molar-refractivity contribution in [2.24, 2.45) is 0 Å². The molecular weight excluding hydrogens is 695 g/mol. The van der Waals surface area contributed by atoms with Crippen molar-refractivity contribution in [3.05, 3.63) is 24.3 Å². The van der Waals surface area contributed by atoms with Gasteiger partial charge >= 0.3 is 17.9 Å². The summed E-state index contributed by atoms with van der Waals surface area (Å²) < 4.78 is 22.7. The molecule has 0 heterocycles. The van der Waals surface area contributed by atoms with E-state index in [1.807, 2.05) is 21.1 Å². The molecule has 0 aromatic rings. The Morgan fingerprint density at radius 1 is 0.527 bits per heavy atom. The number of unbranched alkanes of at least 4 members (excludes halogenated alkanes) is 22. The second kappa shape index (κ2) is 38.6.